The van der Waals surface area contributed by atoms with Crippen LogP contribution in [0.1, 0.15) is 34.3 Å². The molecule has 0 spiro atoms. The Bertz CT molecular complexity index is 799. The molecule has 5 nitrogen and oxygen atoms in total. The third kappa shape index (κ3) is 4.23. The molecule has 3 rings (SSSR count). The molecular formula is C21H24N2O3. The van der Waals surface area contributed by atoms with Crippen LogP contribution in [0.15, 0.2) is 42.5 Å². The third-order valence-corrected chi connectivity index (χ3v) is 4.50. The number of hydrogen-bond donors (Lipinski definition) is 1. The topological polar surface area (TPSA) is 58.6 Å². The summed E-state index contributed by atoms with van der Waals surface area (Å²) >= 11 is 0. The van der Waals surface area contributed by atoms with Crippen molar-refractivity contribution in [3.05, 3.63) is 59.2 Å². The molecule has 1 fully saturated rings. The lowest BCUT2D eigenvalue weighted by Crippen LogP contribution is -2.28. The molecule has 1 aliphatic rings. The van der Waals surface area contributed by atoms with Gasteiger partial charge >= 0.3 is 0 Å². The molecule has 0 aromatic heterocycles. The third-order valence-electron chi connectivity index (χ3n) is 4.50. The van der Waals surface area contributed by atoms with Gasteiger partial charge in [-0.1, -0.05) is 12.1 Å². The van der Waals surface area contributed by atoms with Crippen molar-refractivity contribution in [1.82, 2.24) is 5.32 Å². The SMILES string of the molecule is Cc1ccc(C)c(OCCNC(=O)c2ccc(N3CCCC3=O)cc2)c1. The summed E-state index contributed by atoms with van der Waals surface area (Å²) in [7, 11) is 0. The minimum atomic E-state index is -0.145. The van der Waals surface area contributed by atoms with E-state index in [-0.39, 0.29) is 11.8 Å². The second-order valence-electron chi connectivity index (χ2n) is 6.57. The largest absolute Gasteiger partial charge is 0.491 e. The van der Waals surface area contributed by atoms with E-state index in [9.17, 15) is 9.59 Å². The van der Waals surface area contributed by atoms with E-state index in [0.29, 0.717) is 25.1 Å². The Hall–Kier alpha value is -2.82. The Morgan fingerprint density at radius 3 is 2.62 bits per heavy atom. The maximum atomic E-state index is 12.2. The van der Waals surface area contributed by atoms with Gasteiger partial charge in [0.05, 0.1) is 6.54 Å². The van der Waals surface area contributed by atoms with Crippen LogP contribution in [0.3, 0.4) is 0 Å². The second-order valence-corrected chi connectivity index (χ2v) is 6.57. The Morgan fingerprint density at radius 1 is 1.15 bits per heavy atom. The van der Waals surface area contributed by atoms with Gasteiger partial charge in [0.25, 0.3) is 5.91 Å². The van der Waals surface area contributed by atoms with Crippen molar-refractivity contribution in [2.75, 3.05) is 24.6 Å². The number of nitrogens with one attached hydrogen (secondary N) is 1. The molecule has 0 bridgehead atoms. The number of aryl methyl sites for hydroxylation is 2. The minimum Gasteiger partial charge on any atom is -0.491 e. The maximum Gasteiger partial charge on any atom is 0.251 e. The van der Waals surface area contributed by atoms with Gasteiger partial charge in [-0.3, -0.25) is 9.59 Å². The molecule has 136 valence electrons. The highest BCUT2D eigenvalue weighted by molar-refractivity contribution is 5.97. The number of carbonyl (C=O) groups is 2. The maximum absolute atomic E-state index is 12.2. The summed E-state index contributed by atoms with van der Waals surface area (Å²) in [6.07, 6.45) is 1.49. The number of rotatable bonds is 6. The lowest BCUT2D eigenvalue weighted by Gasteiger charge is -2.16. The van der Waals surface area contributed by atoms with E-state index in [2.05, 4.69) is 5.32 Å². The van der Waals surface area contributed by atoms with E-state index in [0.717, 1.165) is 35.5 Å². The normalized spacial score (nSPS) is 13.8. The monoisotopic (exact) mass is 352 g/mol. The summed E-state index contributed by atoms with van der Waals surface area (Å²) in [5, 5.41) is 2.86. The first kappa shape index (κ1) is 18.0. The van der Waals surface area contributed by atoms with E-state index >= 15 is 0 Å². The standard InChI is InChI=1S/C21H24N2O3/c1-15-5-6-16(2)19(14-15)26-13-11-22-21(25)17-7-9-18(10-8-17)23-12-3-4-20(23)24/h5-10,14H,3-4,11-13H2,1-2H3,(H,22,25). The molecule has 0 aliphatic carbocycles. The average Bonchev–Trinajstić information content (AvgIpc) is 3.07. The van der Waals surface area contributed by atoms with Crippen molar-refractivity contribution in [3.63, 3.8) is 0 Å². The van der Waals surface area contributed by atoms with Crippen LogP contribution in [-0.4, -0.2) is 31.5 Å². The quantitative estimate of drug-likeness (QED) is 0.812. The van der Waals surface area contributed by atoms with E-state index in [1.165, 1.54) is 0 Å². The van der Waals surface area contributed by atoms with Crippen LogP contribution >= 0.6 is 0 Å². The van der Waals surface area contributed by atoms with Crippen LogP contribution in [0.4, 0.5) is 5.69 Å². The molecule has 1 aliphatic heterocycles. The molecule has 2 amide bonds. The van der Waals surface area contributed by atoms with Gasteiger partial charge in [0.1, 0.15) is 12.4 Å². The minimum absolute atomic E-state index is 0.144. The number of benzene rings is 2. The predicted molar refractivity (Wildman–Crippen MR) is 102 cm³/mol. The molecular weight excluding hydrogens is 328 g/mol. The Kier molecular flexibility index (Phi) is 5.56. The van der Waals surface area contributed by atoms with Crippen LogP contribution in [0.2, 0.25) is 0 Å². The number of anilines is 1. The van der Waals surface area contributed by atoms with Gasteiger partial charge in [-0.05, 0) is 61.7 Å². The highest BCUT2D eigenvalue weighted by atomic mass is 16.5. The van der Waals surface area contributed by atoms with E-state index < -0.39 is 0 Å². The number of carbonyl (C=O) groups excluding carboxylic acids is 2. The van der Waals surface area contributed by atoms with Gasteiger partial charge in [-0.2, -0.15) is 0 Å². The Labute approximate surface area is 154 Å². The van der Waals surface area contributed by atoms with Gasteiger partial charge in [0.15, 0.2) is 0 Å². The number of amides is 2. The molecule has 1 saturated heterocycles. The molecule has 0 unspecified atom stereocenters. The van der Waals surface area contributed by atoms with Crippen molar-refractivity contribution in [3.8, 4) is 5.75 Å². The molecule has 1 N–H and O–H groups in total. The van der Waals surface area contributed by atoms with Crippen LogP contribution in [-0.2, 0) is 4.79 Å². The summed E-state index contributed by atoms with van der Waals surface area (Å²) in [5.74, 6) is 0.846. The predicted octanol–water partition coefficient (Wildman–Crippen LogP) is 3.24. The zero-order chi connectivity index (χ0) is 18.5. The highest BCUT2D eigenvalue weighted by Gasteiger charge is 2.21. The zero-order valence-corrected chi connectivity index (χ0v) is 15.2. The number of nitrogens with zero attached hydrogens (tertiary/aromatic N) is 1. The van der Waals surface area contributed by atoms with Gasteiger partial charge in [-0.25, -0.2) is 0 Å². The van der Waals surface area contributed by atoms with Gasteiger partial charge in [0.2, 0.25) is 5.91 Å². The fourth-order valence-corrected chi connectivity index (χ4v) is 3.00. The number of ether oxygens (including phenoxy) is 1. The summed E-state index contributed by atoms with van der Waals surface area (Å²) in [5.41, 5.74) is 3.65. The van der Waals surface area contributed by atoms with Crippen LogP contribution in [0.5, 0.6) is 5.75 Å². The Balaban J connectivity index is 1.49. The molecule has 0 radical (unpaired) electrons. The number of hydrogen-bond acceptors (Lipinski definition) is 3. The van der Waals surface area contributed by atoms with Crippen molar-refractivity contribution in [2.24, 2.45) is 0 Å². The van der Waals surface area contributed by atoms with Crippen LogP contribution in [0, 0.1) is 13.8 Å². The summed E-state index contributed by atoms with van der Waals surface area (Å²) in [4.78, 5) is 25.8. The highest BCUT2D eigenvalue weighted by Crippen LogP contribution is 2.21. The van der Waals surface area contributed by atoms with Crippen LogP contribution < -0.4 is 15.0 Å². The lowest BCUT2D eigenvalue weighted by molar-refractivity contribution is -0.117. The molecule has 5 heteroatoms. The fourth-order valence-electron chi connectivity index (χ4n) is 3.00. The molecule has 0 atom stereocenters. The van der Waals surface area contributed by atoms with E-state index in [1.54, 1.807) is 17.0 Å². The summed E-state index contributed by atoms with van der Waals surface area (Å²) in [6.45, 7) is 5.61. The van der Waals surface area contributed by atoms with Gasteiger partial charge in [0, 0.05) is 24.2 Å². The van der Waals surface area contributed by atoms with Crippen molar-refractivity contribution in [2.45, 2.75) is 26.7 Å². The summed E-state index contributed by atoms with van der Waals surface area (Å²) < 4.78 is 5.74. The Morgan fingerprint density at radius 2 is 1.92 bits per heavy atom. The van der Waals surface area contributed by atoms with Crippen LogP contribution in [0.25, 0.3) is 0 Å². The van der Waals surface area contributed by atoms with Gasteiger partial charge < -0.3 is 15.0 Å². The van der Waals surface area contributed by atoms with Gasteiger partial charge in [-0.15, -0.1) is 0 Å². The van der Waals surface area contributed by atoms with Crippen molar-refractivity contribution < 1.29 is 14.3 Å². The summed E-state index contributed by atoms with van der Waals surface area (Å²) in [6, 6.07) is 13.2. The first-order chi connectivity index (χ1) is 12.5. The van der Waals surface area contributed by atoms with E-state index in [4.69, 9.17) is 4.74 Å². The van der Waals surface area contributed by atoms with Crippen molar-refractivity contribution >= 4 is 17.5 Å². The first-order valence-corrected chi connectivity index (χ1v) is 8.93. The zero-order valence-electron chi connectivity index (χ0n) is 15.2. The molecule has 2 aromatic carbocycles. The fraction of sp³-hybridized carbons (Fsp3) is 0.333. The average molecular weight is 352 g/mol. The smallest absolute Gasteiger partial charge is 0.251 e. The second kappa shape index (κ2) is 8.04. The van der Waals surface area contributed by atoms with Crippen molar-refractivity contribution in [1.29, 1.82) is 0 Å². The molecule has 1 heterocycles. The first-order valence-electron chi connectivity index (χ1n) is 8.93. The lowest BCUT2D eigenvalue weighted by atomic mass is 10.1. The van der Waals surface area contributed by atoms with E-state index in [1.807, 2.05) is 44.2 Å². The molecule has 0 saturated carbocycles. The molecule has 2 aromatic rings. The molecule has 26 heavy (non-hydrogen) atoms.